The van der Waals surface area contributed by atoms with Crippen molar-refractivity contribution in [1.29, 1.82) is 0 Å². The molecule has 1 heterocycles. The van der Waals surface area contributed by atoms with Crippen molar-refractivity contribution in [3.63, 3.8) is 0 Å². The fraction of sp³-hybridized carbons (Fsp3) is 0.286. The van der Waals surface area contributed by atoms with Gasteiger partial charge in [0.25, 0.3) is 0 Å². The Morgan fingerprint density at radius 3 is 3.00 bits per heavy atom. The van der Waals surface area contributed by atoms with E-state index in [1.165, 1.54) is 6.26 Å². The molecule has 2 nitrogen and oxygen atoms in total. The molecule has 1 rings (SSSR count). The minimum atomic E-state index is 0.520. The number of hydrogen-bond acceptors (Lipinski definition) is 2. The quantitative estimate of drug-likeness (QED) is 0.497. The Labute approximate surface area is 63.8 Å². The molecule has 0 radical (unpaired) electrons. The van der Waals surface area contributed by atoms with Gasteiger partial charge in [-0.05, 0) is 6.07 Å². The van der Waals surface area contributed by atoms with Crippen LogP contribution in [0.1, 0.15) is 16.1 Å². The first kappa shape index (κ1) is 7.35. The topological polar surface area (TPSA) is 30.2 Å². The maximum absolute atomic E-state index is 10.1. The maximum Gasteiger partial charge on any atom is 0.153 e. The van der Waals surface area contributed by atoms with Crippen LogP contribution >= 0.6 is 11.6 Å². The van der Waals surface area contributed by atoms with Crippen LogP contribution in [0.25, 0.3) is 0 Å². The van der Waals surface area contributed by atoms with Crippen LogP contribution in [0.3, 0.4) is 0 Å². The van der Waals surface area contributed by atoms with Crippen LogP contribution < -0.4 is 0 Å². The van der Waals surface area contributed by atoms with Crippen molar-refractivity contribution in [2.75, 3.05) is 5.88 Å². The van der Waals surface area contributed by atoms with Crippen molar-refractivity contribution in [3.8, 4) is 0 Å². The number of hydrogen-bond donors (Lipinski definition) is 0. The Balaban J connectivity index is 2.68. The van der Waals surface area contributed by atoms with Gasteiger partial charge in [-0.25, -0.2) is 0 Å². The van der Waals surface area contributed by atoms with E-state index in [0.717, 1.165) is 12.0 Å². The highest BCUT2D eigenvalue weighted by molar-refractivity contribution is 6.17. The summed E-state index contributed by atoms with van der Waals surface area (Å²) < 4.78 is 4.98. The third-order valence-electron chi connectivity index (χ3n) is 1.15. The van der Waals surface area contributed by atoms with Gasteiger partial charge in [-0.1, -0.05) is 0 Å². The molecular formula is C7H7ClO2. The normalized spacial score (nSPS) is 9.70. The van der Waals surface area contributed by atoms with Gasteiger partial charge in [-0.3, -0.25) is 4.79 Å². The van der Waals surface area contributed by atoms with E-state index in [1.54, 1.807) is 6.07 Å². The Bertz CT molecular complexity index is 217. The number of aldehydes is 1. The van der Waals surface area contributed by atoms with Gasteiger partial charge in [-0.15, -0.1) is 11.6 Å². The lowest BCUT2D eigenvalue weighted by Crippen LogP contribution is -1.80. The lowest BCUT2D eigenvalue weighted by Gasteiger charge is -1.84. The largest absolute Gasteiger partial charge is 0.469 e. The Kier molecular flexibility index (Phi) is 2.51. The van der Waals surface area contributed by atoms with Gasteiger partial charge >= 0.3 is 0 Å². The van der Waals surface area contributed by atoms with Crippen molar-refractivity contribution in [2.45, 2.75) is 6.42 Å². The molecule has 0 atom stereocenters. The van der Waals surface area contributed by atoms with E-state index in [4.69, 9.17) is 16.0 Å². The van der Waals surface area contributed by atoms with Crippen LogP contribution in [0.15, 0.2) is 16.7 Å². The molecule has 0 saturated carbocycles. The summed E-state index contributed by atoms with van der Waals surface area (Å²) in [6, 6.07) is 1.69. The summed E-state index contributed by atoms with van der Waals surface area (Å²) in [4.78, 5) is 10.1. The molecule has 54 valence electrons. The lowest BCUT2D eigenvalue weighted by atomic mass is 10.3. The molecule has 0 spiro atoms. The van der Waals surface area contributed by atoms with Crippen LogP contribution in [-0.4, -0.2) is 12.2 Å². The summed E-state index contributed by atoms with van der Waals surface area (Å²) in [5.74, 6) is 1.28. The number of alkyl halides is 1. The van der Waals surface area contributed by atoms with E-state index < -0.39 is 0 Å². The average Bonchev–Trinajstić information content (AvgIpc) is 2.37. The minimum absolute atomic E-state index is 0.520. The van der Waals surface area contributed by atoms with Crippen molar-refractivity contribution >= 4 is 17.9 Å². The monoisotopic (exact) mass is 158 g/mol. The second-order valence-corrected chi connectivity index (χ2v) is 2.28. The second kappa shape index (κ2) is 3.42. The molecular weight excluding hydrogens is 152 g/mol. The van der Waals surface area contributed by atoms with E-state index in [0.29, 0.717) is 17.9 Å². The lowest BCUT2D eigenvalue weighted by molar-refractivity contribution is 0.112. The first-order chi connectivity index (χ1) is 4.86. The third-order valence-corrected chi connectivity index (χ3v) is 1.34. The Hall–Kier alpha value is -0.760. The van der Waals surface area contributed by atoms with Gasteiger partial charge in [0.2, 0.25) is 0 Å². The van der Waals surface area contributed by atoms with Gasteiger partial charge in [0.15, 0.2) is 6.29 Å². The third kappa shape index (κ3) is 1.61. The molecule has 1 aromatic heterocycles. The number of aryl methyl sites for hydroxylation is 1. The van der Waals surface area contributed by atoms with Gasteiger partial charge < -0.3 is 4.42 Å². The predicted octanol–water partition coefficient (Wildman–Crippen LogP) is 1.87. The van der Waals surface area contributed by atoms with Gasteiger partial charge in [-0.2, -0.15) is 0 Å². The zero-order valence-corrected chi connectivity index (χ0v) is 6.10. The molecule has 0 saturated heterocycles. The molecule has 0 unspecified atom stereocenters. The van der Waals surface area contributed by atoms with Gasteiger partial charge in [0, 0.05) is 12.3 Å². The highest BCUT2D eigenvalue weighted by atomic mass is 35.5. The van der Waals surface area contributed by atoms with E-state index in [1.807, 2.05) is 0 Å². The summed E-state index contributed by atoms with van der Waals surface area (Å²) in [6.07, 6.45) is 2.85. The number of carbonyl (C=O) groups excluding carboxylic acids is 1. The standard InChI is InChI=1S/C7H7ClO2/c8-2-1-7-3-6(4-9)5-10-7/h3-5H,1-2H2. The van der Waals surface area contributed by atoms with Gasteiger partial charge in [0.1, 0.15) is 12.0 Å². The minimum Gasteiger partial charge on any atom is -0.469 e. The summed E-state index contributed by atoms with van der Waals surface area (Å²) in [5.41, 5.74) is 0.570. The zero-order chi connectivity index (χ0) is 7.40. The Morgan fingerprint density at radius 2 is 2.50 bits per heavy atom. The summed E-state index contributed by atoms with van der Waals surface area (Å²) >= 11 is 5.44. The van der Waals surface area contributed by atoms with E-state index in [2.05, 4.69) is 0 Å². The predicted molar refractivity (Wildman–Crippen MR) is 38.5 cm³/mol. The first-order valence-corrected chi connectivity index (χ1v) is 3.49. The molecule has 0 amide bonds. The van der Waals surface area contributed by atoms with E-state index >= 15 is 0 Å². The zero-order valence-electron chi connectivity index (χ0n) is 5.34. The highest BCUT2D eigenvalue weighted by Gasteiger charge is 1.98. The molecule has 0 bridgehead atoms. The highest BCUT2D eigenvalue weighted by Crippen LogP contribution is 2.06. The number of halogens is 1. The smallest absolute Gasteiger partial charge is 0.153 e. The molecule has 0 aliphatic rings. The van der Waals surface area contributed by atoms with Crippen LogP contribution in [0, 0.1) is 0 Å². The molecule has 0 aromatic carbocycles. The van der Waals surface area contributed by atoms with E-state index in [9.17, 15) is 4.79 Å². The molecule has 1 aromatic rings. The van der Waals surface area contributed by atoms with Crippen molar-refractivity contribution in [2.24, 2.45) is 0 Å². The molecule has 0 aliphatic carbocycles. The summed E-state index contributed by atoms with van der Waals surface area (Å²) in [7, 11) is 0. The van der Waals surface area contributed by atoms with Crippen molar-refractivity contribution < 1.29 is 9.21 Å². The maximum atomic E-state index is 10.1. The molecule has 10 heavy (non-hydrogen) atoms. The summed E-state index contributed by atoms with van der Waals surface area (Å²) in [5, 5.41) is 0. The fourth-order valence-corrected chi connectivity index (χ4v) is 0.870. The molecule has 3 heteroatoms. The van der Waals surface area contributed by atoms with Crippen molar-refractivity contribution in [1.82, 2.24) is 0 Å². The molecule has 0 N–H and O–H groups in total. The molecule has 0 aliphatic heterocycles. The van der Waals surface area contributed by atoms with Crippen LogP contribution in [0.5, 0.6) is 0 Å². The SMILES string of the molecule is O=Cc1coc(CCCl)c1. The average molecular weight is 159 g/mol. The fourth-order valence-electron chi connectivity index (χ4n) is 0.684. The van der Waals surface area contributed by atoms with E-state index in [-0.39, 0.29) is 0 Å². The second-order valence-electron chi connectivity index (χ2n) is 1.90. The number of carbonyl (C=O) groups is 1. The van der Waals surface area contributed by atoms with Crippen LogP contribution in [-0.2, 0) is 6.42 Å². The van der Waals surface area contributed by atoms with Crippen molar-refractivity contribution in [3.05, 3.63) is 23.7 Å². The van der Waals surface area contributed by atoms with Gasteiger partial charge in [0.05, 0.1) is 5.56 Å². The molecule has 0 fully saturated rings. The summed E-state index contributed by atoms with van der Waals surface area (Å²) in [6.45, 7) is 0. The van der Waals surface area contributed by atoms with Crippen LogP contribution in [0.2, 0.25) is 0 Å². The number of rotatable bonds is 3. The number of furan rings is 1. The first-order valence-electron chi connectivity index (χ1n) is 2.95. The Morgan fingerprint density at radius 1 is 1.70 bits per heavy atom. The van der Waals surface area contributed by atoms with Crippen LogP contribution in [0.4, 0.5) is 0 Å².